The molecular formula is C18H20N2O3. The number of rotatable bonds is 4. The van der Waals surface area contributed by atoms with Gasteiger partial charge in [-0.25, -0.2) is 4.79 Å². The van der Waals surface area contributed by atoms with Crippen LogP contribution in [0.2, 0.25) is 0 Å². The highest BCUT2D eigenvalue weighted by atomic mass is 16.4. The van der Waals surface area contributed by atoms with Crippen LogP contribution in [0.3, 0.4) is 0 Å². The number of aromatic nitrogens is 1. The molecule has 120 valence electrons. The van der Waals surface area contributed by atoms with Crippen molar-refractivity contribution in [1.82, 2.24) is 9.88 Å². The maximum Gasteiger partial charge on any atom is 0.326 e. The van der Waals surface area contributed by atoms with E-state index in [9.17, 15) is 14.7 Å². The van der Waals surface area contributed by atoms with Crippen molar-refractivity contribution in [2.24, 2.45) is 5.92 Å². The molecule has 5 nitrogen and oxygen atoms in total. The van der Waals surface area contributed by atoms with Crippen LogP contribution in [0.15, 0.2) is 36.7 Å². The second-order valence-corrected chi connectivity index (χ2v) is 6.15. The normalized spacial score (nSPS) is 19.0. The van der Waals surface area contributed by atoms with Gasteiger partial charge in [-0.05, 0) is 30.2 Å². The maximum atomic E-state index is 12.6. The van der Waals surface area contributed by atoms with E-state index in [1.54, 1.807) is 6.20 Å². The lowest BCUT2D eigenvalue weighted by molar-refractivity contribution is -0.149. The summed E-state index contributed by atoms with van der Waals surface area (Å²) in [6.45, 7) is 2.40. The quantitative estimate of drug-likeness (QED) is 0.941. The van der Waals surface area contributed by atoms with Crippen molar-refractivity contribution in [3.05, 3.63) is 42.2 Å². The molecule has 2 unspecified atom stereocenters. The van der Waals surface area contributed by atoms with Gasteiger partial charge in [0.15, 0.2) is 0 Å². The average Bonchev–Trinajstić information content (AvgIpc) is 3.04. The number of nitrogens with zero attached hydrogens (tertiary/aromatic N) is 2. The number of pyridine rings is 1. The van der Waals surface area contributed by atoms with Crippen LogP contribution in [0.4, 0.5) is 0 Å². The summed E-state index contributed by atoms with van der Waals surface area (Å²) in [6, 6.07) is 7.29. The van der Waals surface area contributed by atoms with Crippen molar-refractivity contribution in [3.8, 4) is 0 Å². The van der Waals surface area contributed by atoms with E-state index < -0.39 is 12.0 Å². The van der Waals surface area contributed by atoms with Crippen LogP contribution < -0.4 is 0 Å². The molecule has 0 aliphatic carbocycles. The summed E-state index contributed by atoms with van der Waals surface area (Å²) in [5.41, 5.74) is 1.02. The van der Waals surface area contributed by atoms with Gasteiger partial charge in [-0.2, -0.15) is 0 Å². The first-order valence-electron chi connectivity index (χ1n) is 7.93. The Morgan fingerprint density at radius 1 is 1.35 bits per heavy atom. The number of carbonyl (C=O) groups is 2. The highest BCUT2D eigenvalue weighted by Crippen LogP contribution is 2.24. The molecule has 1 saturated heterocycles. The Labute approximate surface area is 134 Å². The van der Waals surface area contributed by atoms with Crippen LogP contribution in [0.1, 0.15) is 25.3 Å². The fraction of sp³-hybridized carbons (Fsp3) is 0.389. The molecule has 1 aliphatic rings. The van der Waals surface area contributed by atoms with Crippen molar-refractivity contribution >= 4 is 22.6 Å². The molecule has 23 heavy (non-hydrogen) atoms. The van der Waals surface area contributed by atoms with Crippen LogP contribution in [-0.4, -0.2) is 39.5 Å². The van der Waals surface area contributed by atoms with Gasteiger partial charge in [-0.1, -0.05) is 31.2 Å². The average molecular weight is 312 g/mol. The maximum absolute atomic E-state index is 12.6. The van der Waals surface area contributed by atoms with Gasteiger partial charge in [0.1, 0.15) is 6.04 Å². The third-order valence-corrected chi connectivity index (χ3v) is 4.52. The Morgan fingerprint density at radius 2 is 2.13 bits per heavy atom. The molecule has 0 bridgehead atoms. The molecule has 0 spiro atoms. The number of carboxylic acids is 1. The lowest BCUT2D eigenvalue weighted by Gasteiger charge is -2.25. The van der Waals surface area contributed by atoms with E-state index in [0.717, 1.165) is 22.8 Å². The molecule has 2 atom stereocenters. The number of fused-ring (bicyclic) bond motifs is 1. The fourth-order valence-electron chi connectivity index (χ4n) is 3.33. The Balaban J connectivity index is 1.79. The van der Waals surface area contributed by atoms with Gasteiger partial charge in [0, 0.05) is 30.2 Å². The fourth-order valence-corrected chi connectivity index (χ4v) is 3.33. The zero-order valence-corrected chi connectivity index (χ0v) is 13.1. The van der Waals surface area contributed by atoms with Crippen molar-refractivity contribution in [2.45, 2.75) is 32.2 Å². The van der Waals surface area contributed by atoms with E-state index in [-0.39, 0.29) is 11.8 Å². The molecule has 2 heterocycles. The van der Waals surface area contributed by atoms with Gasteiger partial charge < -0.3 is 10.0 Å². The molecule has 5 heteroatoms. The molecule has 1 aromatic heterocycles. The predicted molar refractivity (Wildman–Crippen MR) is 87.0 cm³/mol. The zero-order chi connectivity index (χ0) is 16.4. The van der Waals surface area contributed by atoms with Crippen molar-refractivity contribution in [2.75, 3.05) is 6.54 Å². The number of hydrogen-bond donors (Lipinski definition) is 1. The number of hydrogen-bond acceptors (Lipinski definition) is 3. The smallest absolute Gasteiger partial charge is 0.326 e. The van der Waals surface area contributed by atoms with Gasteiger partial charge in [0.25, 0.3) is 0 Å². The summed E-state index contributed by atoms with van der Waals surface area (Å²) >= 11 is 0. The van der Waals surface area contributed by atoms with Crippen molar-refractivity contribution < 1.29 is 14.7 Å². The number of aliphatic carboxylic acids is 1. The Bertz CT molecular complexity index is 739. The standard InChI is InChI=1S/C18H20N2O3/c1-12(17(21)20-8-4-7-16(20)18(22)23)9-14-11-19-10-13-5-2-3-6-15(13)14/h2-3,5-6,10-12,16H,4,7-9H2,1H3,(H,22,23). The summed E-state index contributed by atoms with van der Waals surface area (Å²) in [4.78, 5) is 29.7. The predicted octanol–water partition coefficient (Wildman–Crippen LogP) is 2.49. The molecule has 1 N–H and O–H groups in total. The topological polar surface area (TPSA) is 70.5 Å². The highest BCUT2D eigenvalue weighted by Gasteiger charge is 2.35. The summed E-state index contributed by atoms with van der Waals surface area (Å²) in [6.07, 6.45) is 5.47. The molecule has 1 fully saturated rings. The van der Waals surface area contributed by atoms with Crippen LogP contribution in [0, 0.1) is 5.92 Å². The number of likely N-dealkylation sites (tertiary alicyclic amines) is 1. The molecule has 1 amide bonds. The lowest BCUT2D eigenvalue weighted by Crippen LogP contribution is -2.43. The largest absolute Gasteiger partial charge is 0.480 e. The van der Waals surface area contributed by atoms with E-state index in [2.05, 4.69) is 4.98 Å². The minimum atomic E-state index is -0.908. The minimum Gasteiger partial charge on any atom is -0.480 e. The van der Waals surface area contributed by atoms with Crippen LogP contribution in [0.5, 0.6) is 0 Å². The molecule has 1 aliphatic heterocycles. The van der Waals surface area contributed by atoms with Gasteiger partial charge in [-0.3, -0.25) is 9.78 Å². The lowest BCUT2D eigenvalue weighted by atomic mass is 9.97. The van der Waals surface area contributed by atoms with E-state index in [4.69, 9.17) is 0 Å². The van der Waals surface area contributed by atoms with Gasteiger partial charge in [-0.15, -0.1) is 0 Å². The van der Waals surface area contributed by atoms with Gasteiger partial charge >= 0.3 is 5.97 Å². The van der Waals surface area contributed by atoms with Crippen molar-refractivity contribution in [1.29, 1.82) is 0 Å². The van der Waals surface area contributed by atoms with E-state index in [1.807, 2.05) is 37.4 Å². The summed E-state index contributed by atoms with van der Waals surface area (Å²) in [5.74, 6) is -1.25. The van der Waals surface area contributed by atoms with E-state index in [1.165, 1.54) is 4.90 Å². The Morgan fingerprint density at radius 3 is 2.91 bits per heavy atom. The third-order valence-electron chi connectivity index (χ3n) is 4.52. The third kappa shape index (κ3) is 3.04. The molecule has 0 saturated carbocycles. The van der Waals surface area contributed by atoms with Gasteiger partial charge in [0.05, 0.1) is 0 Å². The number of carbonyl (C=O) groups excluding carboxylic acids is 1. The van der Waals surface area contributed by atoms with Crippen molar-refractivity contribution in [3.63, 3.8) is 0 Å². The summed E-state index contributed by atoms with van der Waals surface area (Å²) in [5, 5.41) is 11.4. The second kappa shape index (κ2) is 6.36. The number of amides is 1. The molecule has 2 aromatic rings. The number of benzene rings is 1. The second-order valence-electron chi connectivity index (χ2n) is 6.15. The SMILES string of the molecule is CC(Cc1cncc2ccccc12)C(=O)N1CCCC1C(=O)O. The van der Waals surface area contributed by atoms with Crippen LogP contribution in [0.25, 0.3) is 10.8 Å². The molecular weight excluding hydrogens is 292 g/mol. The first-order valence-corrected chi connectivity index (χ1v) is 7.93. The Hall–Kier alpha value is -2.43. The van der Waals surface area contributed by atoms with E-state index >= 15 is 0 Å². The Kier molecular flexibility index (Phi) is 4.28. The van der Waals surface area contributed by atoms with Crippen LogP contribution in [-0.2, 0) is 16.0 Å². The van der Waals surface area contributed by atoms with Gasteiger partial charge in [0.2, 0.25) is 5.91 Å². The monoisotopic (exact) mass is 312 g/mol. The summed E-state index contributed by atoms with van der Waals surface area (Å²) < 4.78 is 0. The molecule has 0 radical (unpaired) electrons. The van der Waals surface area contributed by atoms with E-state index in [0.29, 0.717) is 19.4 Å². The van der Waals surface area contributed by atoms with Crippen LogP contribution >= 0.6 is 0 Å². The summed E-state index contributed by atoms with van der Waals surface area (Å²) in [7, 11) is 0. The molecule has 3 rings (SSSR count). The first-order chi connectivity index (χ1) is 11.1. The first kappa shape index (κ1) is 15.5. The molecule has 1 aromatic carbocycles. The zero-order valence-electron chi connectivity index (χ0n) is 13.1. The highest BCUT2D eigenvalue weighted by molar-refractivity contribution is 5.87. The number of carboxylic acid groups (broad SMARTS) is 1. The minimum absolute atomic E-state index is 0.0807.